The third-order valence-electron chi connectivity index (χ3n) is 16.8. The fraction of sp³-hybridized carbons (Fsp3) is 0.774. The summed E-state index contributed by atoms with van der Waals surface area (Å²) in [6.07, 6.45) is 31.0. The number of hydrogen-bond acceptors (Lipinski definition) is 0. The van der Waals surface area contributed by atoms with Crippen LogP contribution in [0, 0.1) is 71.0 Å². The zero-order valence-electron chi connectivity index (χ0n) is 36.1. The van der Waals surface area contributed by atoms with Crippen molar-refractivity contribution in [3.63, 3.8) is 0 Å². The quantitative estimate of drug-likeness (QED) is 0.182. The molecule has 4 aliphatic carbocycles. The Balaban J connectivity index is 0.000000204. The van der Waals surface area contributed by atoms with Crippen molar-refractivity contribution >= 4 is 0 Å². The third kappa shape index (κ3) is 12.7. The molecular weight excluding hydrogens is 637 g/mol. The van der Waals surface area contributed by atoms with Crippen LogP contribution < -0.4 is 0 Å². The van der Waals surface area contributed by atoms with Gasteiger partial charge >= 0.3 is 0 Å². The van der Waals surface area contributed by atoms with E-state index in [4.69, 9.17) is 0 Å². The number of rotatable bonds is 14. The summed E-state index contributed by atoms with van der Waals surface area (Å²) in [5.41, 5.74) is 3.06. The molecule has 2 aromatic carbocycles. The molecule has 298 valence electrons. The monoisotopic (exact) mass is 723 g/mol. The summed E-state index contributed by atoms with van der Waals surface area (Å²) in [5, 5.41) is 0. The maximum Gasteiger partial charge on any atom is -0.0162 e. The fourth-order valence-electron chi connectivity index (χ4n) is 12.6. The van der Waals surface area contributed by atoms with Crippen molar-refractivity contribution in [2.24, 2.45) is 71.0 Å². The molecule has 0 spiro atoms. The van der Waals surface area contributed by atoms with Gasteiger partial charge in [0.2, 0.25) is 0 Å². The molecule has 0 radical (unpaired) electrons. The summed E-state index contributed by atoms with van der Waals surface area (Å²) in [5.74, 6) is 12.4. The van der Waals surface area contributed by atoms with Crippen LogP contribution in [0.3, 0.4) is 0 Å². The van der Waals surface area contributed by atoms with Crippen LogP contribution in [0.5, 0.6) is 0 Å². The van der Waals surface area contributed by atoms with Crippen molar-refractivity contribution < 1.29 is 0 Å². The van der Waals surface area contributed by atoms with Gasteiger partial charge in [-0.1, -0.05) is 160 Å². The van der Waals surface area contributed by atoms with Crippen molar-refractivity contribution in [1.82, 2.24) is 0 Å². The molecule has 0 amide bonds. The molecule has 5 atom stereocenters. The number of benzene rings is 2. The second-order valence-electron chi connectivity index (χ2n) is 19.9. The van der Waals surface area contributed by atoms with Crippen molar-refractivity contribution in [3.8, 4) is 0 Å². The molecule has 0 bridgehead atoms. The van der Waals surface area contributed by atoms with Crippen LogP contribution in [0.2, 0.25) is 0 Å². The zero-order chi connectivity index (χ0) is 37.6. The molecule has 0 aliphatic heterocycles. The van der Waals surface area contributed by atoms with Crippen molar-refractivity contribution in [3.05, 3.63) is 71.8 Å². The molecule has 0 heterocycles. The summed E-state index contributed by atoms with van der Waals surface area (Å²) in [7, 11) is 0. The zero-order valence-corrected chi connectivity index (χ0v) is 36.1. The Morgan fingerprint density at radius 2 is 0.792 bits per heavy atom. The normalized spacial score (nSPS) is 32.4. The van der Waals surface area contributed by atoms with Crippen LogP contribution in [0.15, 0.2) is 60.7 Å². The SMILES string of the molecule is CCCC1CCC(C(C)C2CCC(C(C)C(C)c3ccccc3)CC2)CC1.CCCC1CCC(C(C)C2CCC(C(C)Cc3ccccc3)CC2)CC1. The Morgan fingerprint density at radius 1 is 0.434 bits per heavy atom. The highest BCUT2D eigenvalue weighted by molar-refractivity contribution is 5.19. The summed E-state index contributed by atoms with van der Waals surface area (Å²) < 4.78 is 0. The van der Waals surface area contributed by atoms with E-state index in [0.29, 0.717) is 5.92 Å². The van der Waals surface area contributed by atoms with Gasteiger partial charge in [-0.3, -0.25) is 0 Å². The van der Waals surface area contributed by atoms with Crippen molar-refractivity contribution in [2.45, 2.75) is 189 Å². The van der Waals surface area contributed by atoms with E-state index in [1.807, 2.05) is 0 Å². The van der Waals surface area contributed by atoms with Gasteiger partial charge in [0.1, 0.15) is 0 Å². The van der Waals surface area contributed by atoms with Crippen LogP contribution >= 0.6 is 0 Å². The van der Waals surface area contributed by atoms with Crippen LogP contribution in [0.1, 0.15) is 194 Å². The molecule has 0 heteroatoms. The smallest absolute Gasteiger partial charge is 0.0162 e. The third-order valence-corrected chi connectivity index (χ3v) is 16.8. The van der Waals surface area contributed by atoms with E-state index in [1.165, 1.54) is 146 Å². The van der Waals surface area contributed by atoms with E-state index in [2.05, 4.69) is 109 Å². The van der Waals surface area contributed by atoms with Crippen LogP contribution in [0.4, 0.5) is 0 Å². The number of hydrogen-bond donors (Lipinski definition) is 0. The molecule has 0 aromatic heterocycles. The molecule has 2 aromatic rings. The molecule has 0 N–H and O–H groups in total. The minimum absolute atomic E-state index is 0.694. The minimum Gasteiger partial charge on any atom is -0.0654 e. The van der Waals surface area contributed by atoms with Crippen molar-refractivity contribution in [1.29, 1.82) is 0 Å². The van der Waals surface area contributed by atoms with Gasteiger partial charge in [-0.15, -0.1) is 0 Å². The van der Waals surface area contributed by atoms with E-state index in [1.54, 1.807) is 0 Å². The molecule has 0 saturated heterocycles. The van der Waals surface area contributed by atoms with Crippen LogP contribution in [-0.4, -0.2) is 0 Å². The first-order valence-corrected chi connectivity index (χ1v) is 23.9. The Labute approximate surface area is 330 Å². The maximum absolute atomic E-state index is 2.60. The highest BCUT2D eigenvalue weighted by Gasteiger charge is 2.35. The predicted octanol–water partition coefficient (Wildman–Crippen LogP) is 16.4. The van der Waals surface area contributed by atoms with E-state index in [0.717, 1.165) is 71.0 Å². The lowest BCUT2D eigenvalue weighted by Crippen LogP contribution is -2.30. The van der Waals surface area contributed by atoms with Gasteiger partial charge in [0.25, 0.3) is 0 Å². The molecule has 4 aliphatic rings. The fourth-order valence-corrected chi connectivity index (χ4v) is 12.6. The lowest BCUT2D eigenvalue weighted by Gasteiger charge is -2.41. The van der Waals surface area contributed by atoms with Crippen LogP contribution in [0.25, 0.3) is 0 Å². The predicted molar refractivity (Wildman–Crippen MR) is 233 cm³/mol. The Kier molecular flexibility index (Phi) is 17.9. The molecule has 53 heavy (non-hydrogen) atoms. The van der Waals surface area contributed by atoms with Gasteiger partial charge in [0.15, 0.2) is 0 Å². The Bertz CT molecular complexity index is 1200. The first-order chi connectivity index (χ1) is 25.8. The average molecular weight is 723 g/mol. The second-order valence-corrected chi connectivity index (χ2v) is 19.9. The molecule has 4 fully saturated rings. The van der Waals surface area contributed by atoms with E-state index in [9.17, 15) is 0 Å². The second kappa shape index (κ2) is 22.2. The lowest BCUT2D eigenvalue weighted by atomic mass is 9.65. The molecular formula is C53H86. The lowest BCUT2D eigenvalue weighted by molar-refractivity contribution is 0.107. The van der Waals surface area contributed by atoms with Gasteiger partial charge in [0, 0.05) is 0 Å². The Hall–Kier alpha value is -1.56. The summed E-state index contributed by atoms with van der Waals surface area (Å²) >= 11 is 0. The highest BCUT2D eigenvalue weighted by Crippen LogP contribution is 2.47. The first-order valence-electron chi connectivity index (χ1n) is 23.9. The summed E-state index contributed by atoms with van der Waals surface area (Å²) in [6, 6.07) is 22.3. The standard InChI is InChI=1S/C27H44.C26H42/c1-5-9-23-12-14-26(15-13-23)22(4)27-18-16-25(17-19-27)21(3)20(2)24-10-7-6-8-11-24;1-4-8-22-11-13-25(14-12-22)21(3)26-17-15-24(16-18-26)20(2)19-23-9-6-5-7-10-23/h6-8,10-11,20-23,25-27H,5,9,12-19H2,1-4H3;5-7,9-10,20-22,24-26H,4,8,11-19H2,1-3H3. The Morgan fingerprint density at radius 3 is 1.21 bits per heavy atom. The summed E-state index contributed by atoms with van der Waals surface area (Å²) in [4.78, 5) is 0. The van der Waals surface area contributed by atoms with Gasteiger partial charge < -0.3 is 0 Å². The molecule has 4 saturated carbocycles. The summed E-state index contributed by atoms with van der Waals surface area (Å²) in [6.45, 7) is 17.4. The van der Waals surface area contributed by atoms with Crippen molar-refractivity contribution in [2.75, 3.05) is 0 Å². The van der Waals surface area contributed by atoms with Gasteiger partial charge in [-0.25, -0.2) is 0 Å². The average Bonchev–Trinajstić information content (AvgIpc) is 3.21. The highest BCUT2D eigenvalue weighted by atomic mass is 14.4. The van der Waals surface area contributed by atoms with Gasteiger partial charge in [-0.05, 0) is 172 Å². The topological polar surface area (TPSA) is 0 Å². The first kappa shape index (κ1) is 42.6. The van der Waals surface area contributed by atoms with E-state index < -0.39 is 0 Å². The maximum atomic E-state index is 2.60. The minimum atomic E-state index is 0.694. The molecule has 5 unspecified atom stereocenters. The van der Waals surface area contributed by atoms with Crippen LogP contribution in [-0.2, 0) is 6.42 Å². The van der Waals surface area contributed by atoms with E-state index >= 15 is 0 Å². The van der Waals surface area contributed by atoms with Gasteiger partial charge in [0.05, 0.1) is 0 Å². The molecule has 0 nitrogen and oxygen atoms in total. The van der Waals surface area contributed by atoms with Gasteiger partial charge in [-0.2, -0.15) is 0 Å². The van der Waals surface area contributed by atoms with E-state index in [-0.39, 0.29) is 0 Å². The molecule has 6 rings (SSSR count). The largest absolute Gasteiger partial charge is 0.0654 e.